The minimum Gasteiger partial charge on any atom is -0.465 e. The number of carboxylic acid groups (broad SMARTS) is 1. The van der Waals surface area contributed by atoms with Crippen LogP contribution in [0, 0.1) is 23.5 Å². The second-order valence-corrected chi connectivity index (χ2v) is 6.77. The summed E-state index contributed by atoms with van der Waals surface area (Å²) in [7, 11) is 0. The summed E-state index contributed by atoms with van der Waals surface area (Å²) in [4.78, 5) is 23.9. The summed E-state index contributed by atoms with van der Waals surface area (Å²) in [6.07, 6.45) is -1.33. The molecule has 0 unspecified atom stereocenters. The van der Waals surface area contributed by atoms with Gasteiger partial charge in [-0.05, 0) is 12.1 Å². The van der Waals surface area contributed by atoms with E-state index in [9.17, 15) is 23.5 Å². The Kier molecular flexibility index (Phi) is 5.53. The van der Waals surface area contributed by atoms with Crippen LogP contribution in [0.2, 0.25) is 5.02 Å². The number of piperidine rings is 1. The summed E-state index contributed by atoms with van der Waals surface area (Å²) in [5, 5.41) is 21.5. The predicted molar refractivity (Wildman–Crippen MR) is 86.2 cm³/mol. The van der Waals surface area contributed by atoms with Gasteiger partial charge >= 0.3 is 6.09 Å². The van der Waals surface area contributed by atoms with Crippen LogP contribution in [0.1, 0.15) is 19.4 Å². The number of halogens is 3. The third kappa shape index (κ3) is 3.69. The molecule has 1 heterocycles. The number of nitrogens with one attached hydrogen (secondary N) is 1. The summed E-state index contributed by atoms with van der Waals surface area (Å²) in [6, 6.07) is 1.87. The van der Waals surface area contributed by atoms with E-state index in [1.54, 1.807) is 13.8 Å². The van der Waals surface area contributed by atoms with E-state index in [-0.39, 0.29) is 18.1 Å². The van der Waals surface area contributed by atoms with Crippen LogP contribution in [0.3, 0.4) is 0 Å². The largest absolute Gasteiger partial charge is 0.465 e. The quantitative estimate of drug-likeness (QED) is 0.754. The van der Waals surface area contributed by atoms with Crippen molar-refractivity contribution in [3.8, 4) is 0 Å². The van der Waals surface area contributed by atoms with Crippen molar-refractivity contribution in [1.29, 1.82) is 0 Å². The minimum atomic E-state index is -1.82. The lowest BCUT2D eigenvalue weighted by Crippen LogP contribution is -2.57. The molecule has 3 atom stereocenters. The smallest absolute Gasteiger partial charge is 0.405 e. The third-order valence-electron chi connectivity index (χ3n) is 4.64. The maximum absolute atomic E-state index is 14.3. The van der Waals surface area contributed by atoms with Crippen LogP contribution in [-0.2, 0) is 10.4 Å². The topological polar surface area (TPSA) is 89.9 Å². The minimum absolute atomic E-state index is 0.0302. The Morgan fingerprint density at radius 2 is 1.76 bits per heavy atom. The molecule has 25 heavy (non-hydrogen) atoms. The van der Waals surface area contributed by atoms with Gasteiger partial charge in [-0.15, -0.1) is 0 Å². The summed E-state index contributed by atoms with van der Waals surface area (Å²) in [5.74, 6) is -3.73. The average molecular weight is 377 g/mol. The number of nitrogens with zero attached hydrogens (tertiary/aromatic N) is 1. The SMILES string of the molecule is C[C@@H]1CN(C(=O)CNC(=O)O)C[C@H](C)[C@@]1(O)c1c(F)cc(Cl)cc1F. The molecule has 0 spiro atoms. The summed E-state index contributed by atoms with van der Waals surface area (Å²) in [5.41, 5.74) is -2.29. The summed E-state index contributed by atoms with van der Waals surface area (Å²) < 4.78 is 28.6. The Labute approximate surface area is 148 Å². The fourth-order valence-corrected chi connectivity index (χ4v) is 3.58. The van der Waals surface area contributed by atoms with Crippen LogP contribution in [0.4, 0.5) is 13.6 Å². The van der Waals surface area contributed by atoms with E-state index in [2.05, 4.69) is 0 Å². The van der Waals surface area contributed by atoms with E-state index < -0.39 is 53.2 Å². The molecule has 1 saturated heterocycles. The van der Waals surface area contributed by atoms with E-state index >= 15 is 0 Å². The summed E-state index contributed by atoms with van der Waals surface area (Å²) in [6.45, 7) is 2.81. The molecule has 0 radical (unpaired) electrons. The lowest BCUT2D eigenvalue weighted by atomic mass is 9.70. The van der Waals surface area contributed by atoms with Crippen LogP contribution < -0.4 is 5.32 Å². The van der Waals surface area contributed by atoms with Crippen LogP contribution in [-0.4, -0.2) is 46.7 Å². The first-order chi connectivity index (χ1) is 11.6. The molecule has 1 fully saturated rings. The first-order valence-corrected chi connectivity index (χ1v) is 8.07. The van der Waals surface area contributed by atoms with Gasteiger partial charge in [0.25, 0.3) is 0 Å². The van der Waals surface area contributed by atoms with Gasteiger partial charge in [0.2, 0.25) is 5.91 Å². The third-order valence-corrected chi connectivity index (χ3v) is 4.86. The average Bonchev–Trinajstić information content (AvgIpc) is 2.48. The van der Waals surface area contributed by atoms with Crippen molar-refractivity contribution in [1.82, 2.24) is 10.2 Å². The zero-order valence-corrected chi connectivity index (χ0v) is 14.5. The van der Waals surface area contributed by atoms with Crippen molar-refractivity contribution in [3.05, 3.63) is 34.4 Å². The number of benzene rings is 1. The number of likely N-dealkylation sites (tertiary alicyclic amines) is 1. The highest BCUT2D eigenvalue weighted by molar-refractivity contribution is 6.30. The molecule has 1 aliphatic rings. The van der Waals surface area contributed by atoms with E-state index in [1.165, 1.54) is 4.90 Å². The zero-order chi connectivity index (χ0) is 18.9. The van der Waals surface area contributed by atoms with E-state index in [1.807, 2.05) is 5.32 Å². The van der Waals surface area contributed by atoms with Gasteiger partial charge in [-0.25, -0.2) is 13.6 Å². The van der Waals surface area contributed by atoms with Crippen LogP contribution >= 0.6 is 11.6 Å². The van der Waals surface area contributed by atoms with Gasteiger partial charge in [0.05, 0.1) is 5.56 Å². The van der Waals surface area contributed by atoms with E-state index in [4.69, 9.17) is 16.7 Å². The fraction of sp³-hybridized carbons (Fsp3) is 0.500. The van der Waals surface area contributed by atoms with Gasteiger partial charge in [-0.1, -0.05) is 25.4 Å². The van der Waals surface area contributed by atoms with Gasteiger partial charge in [0, 0.05) is 29.9 Å². The van der Waals surface area contributed by atoms with Gasteiger partial charge in [0.1, 0.15) is 23.8 Å². The molecule has 3 N–H and O–H groups in total. The number of hydrogen-bond acceptors (Lipinski definition) is 3. The number of hydrogen-bond donors (Lipinski definition) is 3. The molecule has 2 rings (SSSR count). The second-order valence-electron chi connectivity index (χ2n) is 6.33. The maximum Gasteiger partial charge on any atom is 0.405 e. The number of amides is 2. The molecule has 1 aromatic carbocycles. The Balaban J connectivity index is 2.28. The predicted octanol–water partition coefficient (Wildman–Crippen LogP) is 2.19. The highest BCUT2D eigenvalue weighted by Crippen LogP contribution is 2.43. The highest BCUT2D eigenvalue weighted by Gasteiger charge is 2.49. The van der Waals surface area contributed by atoms with Crippen LogP contribution in [0.15, 0.2) is 12.1 Å². The lowest BCUT2D eigenvalue weighted by Gasteiger charge is -2.48. The molecule has 1 aromatic rings. The first kappa shape index (κ1) is 19.4. The normalized spacial score (nSPS) is 26.4. The molecule has 6 nitrogen and oxygen atoms in total. The lowest BCUT2D eigenvalue weighted by molar-refractivity contribution is -0.149. The molecule has 9 heteroatoms. The number of carbonyl (C=O) groups excluding carboxylic acids is 1. The van der Waals surface area contributed by atoms with Crippen LogP contribution in [0.25, 0.3) is 0 Å². The van der Waals surface area contributed by atoms with Gasteiger partial charge in [-0.2, -0.15) is 0 Å². The Hall–Kier alpha value is -1.93. The van der Waals surface area contributed by atoms with Crippen molar-refractivity contribution in [2.24, 2.45) is 11.8 Å². The van der Waals surface area contributed by atoms with E-state index in [0.717, 1.165) is 12.1 Å². The Morgan fingerprint density at radius 1 is 1.28 bits per heavy atom. The van der Waals surface area contributed by atoms with Crippen molar-refractivity contribution >= 4 is 23.6 Å². The standard InChI is InChI=1S/C16H19ClF2N2O4/c1-8-6-21(13(22)5-20-15(23)24)7-9(2)16(8,25)14-11(18)3-10(17)4-12(14)19/h3-4,8-9,20,25H,5-7H2,1-2H3,(H,23,24)/t8-,9+,16-. The second kappa shape index (κ2) is 7.13. The summed E-state index contributed by atoms with van der Waals surface area (Å²) >= 11 is 5.63. The zero-order valence-electron chi connectivity index (χ0n) is 13.7. The molecule has 0 saturated carbocycles. The number of aliphatic hydroxyl groups is 1. The fourth-order valence-electron chi connectivity index (χ4n) is 3.38. The van der Waals surface area contributed by atoms with Crippen molar-refractivity contribution in [3.63, 3.8) is 0 Å². The van der Waals surface area contributed by atoms with Gasteiger partial charge in [-0.3, -0.25) is 4.79 Å². The maximum atomic E-state index is 14.3. The first-order valence-electron chi connectivity index (χ1n) is 7.69. The number of rotatable bonds is 3. The van der Waals surface area contributed by atoms with Crippen molar-refractivity contribution in [2.75, 3.05) is 19.6 Å². The molecule has 1 aliphatic heterocycles. The molecule has 0 aromatic heterocycles. The highest BCUT2D eigenvalue weighted by atomic mass is 35.5. The molecule has 138 valence electrons. The number of carbonyl (C=O) groups is 2. The molecule has 0 bridgehead atoms. The van der Waals surface area contributed by atoms with E-state index in [0.29, 0.717) is 0 Å². The van der Waals surface area contributed by atoms with Crippen LogP contribution in [0.5, 0.6) is 0 Å². The Bertz CT molecular complexity index is 666. The molecule has 0 aliphatic carbocycles. The van der Waals surface area contributed by atoms with Gasteiger partial charge in [0.15, 0.2) is 0 Å². The molecular weight excluding hydrogens is 358 g/mol. The van der Waals surface area contributed by atoms with Crippen molar-refractivity contribution in [2.45, 2.75) is 19.4 Å². The molecule has 2 amide bonds. The van der Waals surface area contributed by atoms with Crippen molar-refractivity contribution < 1.29 is 28.6 Å². The Morgan fingerprint density at radius 3 is 2.20 bits per heavy atom. The molecular formula is C16H19ClF2N2O4. The monoisotopic (exact) mass is 376 g/mol. The van der Waals surface area contributed by atoms with Gasteiger partial charge < -0.3 is 20.4 Å².